The number of benzene rings is 5. The van der Waals surface area contributed by atoms with Gasteiger partial charge in [-0.15, -0.1) is 0 Å². The van der Waals surface area contributed by atoms with Crippen LogP contribution in [0.4, 0.5) is 0 Å². The number of hydrogen-bond acceptors (Lipinski definition) is 2. The van der Waals surface area contributed by atoms with Crippen molar-refractivity contribution in [3.63, 3.8) is 0 Å². The van der Waals surface area contributed by atoms with Gasteiger partial charge in [0.2, 0.25) is 0 Å². The first-order valence-electron chi connectivity index (χ1n) is 14.5. The van der Waals surface area contributed by atoms with Crippen LogP contribution in [0.3, 0.4) is 0 Å². The first-order valence-corrected chi connectivity index (χ1v) is 14.5. The first-order chi connectivity index (χ1) is 21.3. The summed E-state index contributed by atoms with van der Waals surface area (Å²) in [4.78, 5) is 9.61. The summed E-state index contributed by atoms with van der Waals surface area (Å²) in [5.41, 5.74) is 12.1. The lowest BCUT2D eigenvalue weighted by molar-refractivity contribution is 1.18. The van der Waals surface area contributed by atoms with Crippen molar-refractivity contribution in [2.75, 3.05) is 0 Å². The lowest BCUT2D eigenvalue weighted by Gasteiger charge is -2.11. The number of fused-ring (bicyclic) bond motifs is 3. The molecule has 202 valence electrons. The van der Waals surface area contributed by atoms with Gasteiger partial charge in [0.1, 0.15) is 0 Å². The van der Waals surface area contributed by atoms with Crippen molar-refractivity contribution in [3.8, 4) is 50.5 Å². The molecule has 0 spiro atoms. The van der Waals surface area contributed by atoms with E-state index in [9.17, 15) is 0 Å². The van der Waals surface area contributed by atoms with Crippen LogP contribution in [0.2, 0.25) is 0 Å². The Bertz CT molecular complexity index is 2210. The lowest BCUT2D eigenvalue weighted by atomic mass is 10.0. The van der Waals surface area contributed by atoms with E-state index in [0.717, 1.165) is 44.8 Å². The molecule has 3 heteroatoms. The van der Waals surface area contributed by atoms with Gasteiger partial charge in [-0.25, -0.2) is 0 Å². The smallest absolute Gasteiger partial charge is 0.0708 e. The third kappa shape index (κ3) is 4.58. The van der Waals surface area contributed by atoms with E-state index < -0.39 is 0 Å². The van der Waals surface area contributed by atoms with E-state index in [1.807, 2.05) is 24.5 Å². The summed E-state index contributed by atoms with van der Waals surface area (Å²) in [5, 5.41) is 2.44. The quantitative estimate of drug-likeness (QED) is 0.214. The van der Waals surface area contributed by atoms with Crippen LogP contribution in [-0.4, -0.2) is 14.5 Å². The molecule has 8 rings (SSSR count). The van der Waals surface area contributed by atoms with Crippen molar-refractivity contribution in [2.24, 2.45) is 0 Å². The molecule has 0 N–H and O–H groups in total. The van der Waals surface area contributed by atoms with Crippen molar-refractivity contribution in [1.29, 1.82) is 0 Å². The van der Waals surface area contributed by atoms with Gasteiger partial charge in [0.15, 0.2) is 0 Å². The molecule has 0 aliphatic rings. The van der Waals surface area contributed by atoms with Crippen molar-refractivity contribution in [2.45, 2.75) is 0 Å². The summed E-state index contributed by atoms with van der Waals surface area (Å²) in [6, 6.07) is 53.3. The van der Waals surface area contributed by atoms with Crippen LogP contribution in [0.5, 0.6) is 0 Å². The molecular weight excluding hydrogens is 522 g/mol. The van der Waals surface area contributed by atoms with Crippen molar-refractivity contribution in [1.82, 2.24) is 14.5 Å². The van der Waals surface area contributed by atoms with Crippen molar-refractivity contribution < 1.29 is 0 Å². The second-order valence-electron chi connectivity index (χ2n) is 10.7. The number of hydrogen-bond donors (Lipinski definition) is 0. The Balaban J connectivity index is 1.24. The Morgan fingerprint density at radius 2 is 1.05 bits per heavy atom. The average molecular weight is 550 g/mol. The van der Waals surface area contributed by atoms with E-state index in [2.05, 4.69) is 144 Å². The average Bonchev–Trinajstić information content (AvgIpc) is 3.43. The van der Waals surface area contributed by atoms with E-state index in [1.54, 1.807) is 0 Å². The minimum absolute atomic E-state index is 0.949. The van der Waals surface area contributed by atoms with Gasteiger partial charge in [-0.1, -0.05) is 109 Å². The molecule has 5 aromatic carbocycles. The third-order valence-electron chi connectivity index (χ3n) is 8.11. The standard InChI is InChI=1S/C40H27N3/c1-3-10-28(11-4-1)30-22-23-41-38(25-30)32-18-20-36-35-16-7-8-17-39(35)43(40(36)26-32)34-15-9-14-31(24-34)37-21-19-33(27-42-37)29-12-5-2-6-13-29/h1-27H. The van der Waals surface area contributed by atoms with Crippen molar-refractivity contribution in [3.05, 3.63) is 164 Å². The fourth-order valence-corrected chi connectivity index (χ4v) is 5.98. The van der Waals surface area contributed by atoms with E-state index in [1.165, 1.54) is 27.4 Å². The van der Waals surface area contributed by atoms with Gasteiger partial charge in [-0.2, -0.15) is 0 Å². The molecular formula is C40H27N3. The molecule has 43 heavy (non-hydrogen) atoms. The summed E-state index contributed by atoms with van der Waals surface area (Å²) in [6.45, 7) is 0. The number of rotatable bonds is 5. The van der Waals surface area contributed by atoms with Crippen LogP contribution >= 0.6 is 0 Å². The molecule has 0 aliphatic heterocycles. The second kappa shape index (κ2) is 10.6. The largest absolute Gasteiger partial charge is 0.309 e. The molecule has 0 saturated carbocycles. The highest BCUT2D eigenvalue weighted by Gasteiger charge is 2.15. The summed E-state index contributed by atoms with van der Waals surface area (Å²) >= 11 is 0. The van der Waals surface area contributed by atoms with E-state index in [4.69, 9.17) is 9.97 Å². The molecule has 3 nitrogen and oxygen atoms in total. The SMILES string of the molecule is c1ccc(-c2ccc(-c3cccc(-n4c5ccccc5c5ccc(-c6cc(-c7ccccc7)ccn6)cc54)c3)nc2)cc1. The fraction of sp³-hybridized carbons (Fsp3) is 0. The minimum atomic E-state index is 0.949. The summed E-state index contributed by atoms with van der Waals surface area (Å²) in [5.74, 6) is 0. The molecule has 0 aliphatic carbocycles. The monoisotopic (exact) mass is 549 g/mol. The predicted octanol–water partition coefficient (Wildman–Crippen LogP) is 10.2. The molecule has 0 atom stereocenters. The van der Waals surface area contributed by atoms with Gasteiger partial charge >= 0.3 is 0 Å². The Hall–Kier alpha value is -5.80. The van der Waals surface area contributed by atoms with Crippen LogP contribution < -0.4 is 0 Å². The Labute approximate surface area is 250 Å². The number of pyridine rings is 2. The summed E-state index contributed by atoms with van der Waals surface area (Å²) in [6.07, 6.45) is 3.86. The van der Waals surface area contributed by atoms with Crippen LogP contribution in [-0.2, 0) is 0 Å². The molecule has 3 aromatic heterocycles. The maximum Gasteiger partial charge on any atom is 0.0708 e. The van der Waals surface area contributed by atoms with Crippen LogP contribution in [0.25, 0.3) is 72.3 Å². The fourth-order valence-electron chi connectivity index (χ4n) is 5.98. The third-order valence-corrected chi connectivity index (χ3v) is 8.11. The van der Waals surface area contributed by atoms with Crippen LogP contribution in [0.15, 0.2) is 164 Å². The van der Waals surface area contributed by atoms with E-state index >= 15 is 0 Å². The highest BCUT2D eigenvalue weighted by molar-refractivity contribution is 6.10. The van der Waals surface area contributed by atoms with Crippen LogP contribution in [0.1, 0.15) is 0 Å². The van der Waals surface area contributed by atoms with Gasteiger partial charge in [-0.3, -0.25) is 9.97 Å². The molecule has 0 bridgehead atoms. The maximum atomic E-state index is 4.84. The van der Waals surface area contributed by atoms with E-state index in [0.29, 0.717) is 0 Å². The number of aromatic nitrogens is 3. The van der Waals surface area contributed by atoms with E-state index in [-0.39, 0.29) is 0 Å². The zero-order valence-electron chi connectivity index (χ0n) is 23.4. The molecule has 0 fully saturated rings. The highest BCUT2D eigenvalue weighted by Crippen LogP contribution is 2.36. The summed E-state index contributed by atoms with van der Waals surface area (Å²) in [7, 11) is 0. The first kappa shape index (κ1) is 25.0. The Kier molecular flexibility index (Phi) is 6.12. The number of nitrogens with zero attached hydrogens (tertiary/aromatic N) is 3. The van der Waals surface area contributed by atoms with Gasteiger partial charge < -0.3 is 4.57 Å². The summed E-state index contributed by atoms with van der Waals surface area (Å²) < 4.78 is 2.36. The second-order valence-corrected chi connectivity index (χ2v) is 10.7. The highest BCUT2D eigenvalue weighted by atomic mass is 15.0. The zero-order valence-corrected chi connectivity index (χ0v) is 23.4. The van der Waals surface area contributed by atoms with Crippen LogP contribution in [0, 0.1) is 0 Å². The van der Waals surface area contributed by atoms with Gasteiger partial charge in [0, 0.05) is 45.5 Å². The van der Waals surface area contributed by atoms with Crippen molar-refractivity contribution >= 4 is 21.8 Å². The maximum absolute atomic E-state index is 4.84. The van der Waals surface area contributed by atoms with Gasteiger partial charge in [-0.05, 0) is 59.2 Å². The zero-order chi connectivity index (χ0) is 28.6. The lowest BCUT2D eigenvalue weighted by Crippen LogP contribution is -1.95. The molecule has 8 aromatic rings. The Morgan fingerprint density at radius 3 is 1.84 bits per heavy atom. The Morgan fingerprint density at radius 1 is 0.372 bits per heavy atom. The number of para-hydroxylation sites is 1. The molecule has 0 radical (unpaired) electrons. The molecule has 0 unspecified atom stereocenters. The molecule has 0 amide bonds. The predicted molar refractivity (Wildman–Crippen MR) is 178 cm³/mol. The molecule has 3 heterocycles. The minimum Gasteiger partial charge on any atom is -0.309 e. The van der Waals surface area contributed by atoms with Gasteiger partial charge in [0.05, 0.1) is 22.4 Å². The normalized spacial score (nSPS) is 11.3. The molecule has 0 saturated heterocycles. The van der Waals surface area contributed by atoms with Gasteiger partial charge in [0.25, 0.3) is 0 Å². The topological polar surface area (TPSA) is 30.7 Å².